The Labute approximate surface area is 180 Å². The topological polar surface area (TPSA) is 36.9 Å². The Hall–Kier alpha value is -1.98. The first kappa shape index (κ1) is 22.7. The molecule has 1 fully saturated rings. The van der Waals surface area contributed by atoms with Gasteiger partial charge < -0.3 is 18.9 Å². The quantitative estimate of drug-likeness (QED) is 0.448. The molecule has 0 radical (unpaired) electrons. The van der Waals surface area contributed by atoms with Crippen LogP contribution < -0.4 is 0 Å². The SMILES string of the molecule is C=CCCC(C)O[C@@H]1O[C@@H](C)[C@H](OCc2ccccc2)C[C@@H]1OCc1ccccc1. The molecule has 5 atom stereocenters. The van der Waals surface area contributed by atoms with Crippen molar-refractivity contribution in [3.8, 4) is 0 Å². The average Bonchev–Trinajstić information content (AvgIpc) is 2.77. The molecule has 2 aromatic rings. The van der Waals surface area contributed by atoms with Gasteiger partial charge in [0, 0.05) is 6.42 Å². The summed E-state index contributed by atoms with van der Waals surface area (Å²) < 4.78 is 24.9. The molecule has 0 aliphatic carbocycles. The first-order chi connectivity index (χ1) is 14.7. The lowest BCUT2D eigenvalue weighted by molar-refractivity contribution is -0.290. The first-order valence-corrected chi connectivity index (χ1v) is 10.9. The van der Waals surface area contributed by atoms with Gasteiger partial charge in [-0.1, -0.05) is 66.7 Å². The number of ether oxygens (including phenoxy) is 4. The smallest absolute Gasteiger partial charge is 0.184 e. The number of hydrogen-bond donors (Lipinski definition) is 0. The summed E-state index contributed by atoms with van der Waals surface area (Å²) in [4.78, 5) is 0. The maximum Gasteiger partial charge on any atom is 0.184 e. The molecule has 1 aliphatic rings. The van der Waals surface area contributed by atoms with E-state index in [1.54, 1.807) is 0 Å². The third-order valence-electron chi connectivity index (χ3n) is 5.40. The fourth-order valence-electron chi connectivity index (χ4n) is 3.59. The molecule has 1 saturated heterocycles. The number of benzene rings is 2. The lowest BCUT2D eigenvalue weighted by Gasteiger charge is -2.40. The highest BCUT2D eigenvalue weighted by Gasteiger charge is 2.38. The van der Waals surface area contributed by atoms with Crippen LogP contribution in [0.15, 0.2) is 73.3 Å². The molecule has 1 unspecified atom stereocenters. The monoisotopic (exact) mass is 410 g/mol. The Morgan fingerprint density at radius 2 is 1.53 bits per heavy atom. The molecule has 0 amide bonds. The van der Waals surface area contributed by atoms with E-state index in [-0.39, 0.29) is 24.4 Å². The molecule has 4 nitrogen and oxygen atoms in total. The van der Waals surface area contributed by atoms with Gasteiger partial charge in [-0.3, -0.25) is 0 Å². The van der Waals surface area contributed by atoms with Crippen molar-refractivity contribution in [2.75, 3.05) is 0 Å². The molecule has 0 saturated carbocycles. The fourth-order valence-corrected chi connectivity index (χ4v) is 3.59. The standard InChI is InChI=1S/C26H34O4/c1-4-5-12-20(2)29-26-25(28-19-23-15-10-7-11-16-23)17-24(21(3)30-26)27-18-22-13-8-6-9-14-22/h4,6-11,13-16,20-21,24-26H,1,5,12,17-19H2,2-3H3/t20?,21-,24+,25-,26+/m0/s1. The second-order valence-corrected chi connectivity index (χ2v) is 7.93. The maximum atomic E-state index is 6.27. The average molecular weight is 411 g/mol. The van der Waals surface area contributed by atoms with Crippen molar-refractivity contribution in [1.29, 1.82) is 0 Å². The van der Waals surface area contributed by atoms with E-state index in [9.17, 15) is 0 Å². The van der Waals surface area contributed by atoms with Gasteiger partial charge in [0.15, 0.2) is 6.29 Å². The summed E-state index contributed by atoms with van der Waals surface area (Å²) in [6.45, 7) is 9.00. The third kappa shape index (κ3) is 7.06. The highest BCUT2D eigenvalue weighted by atomic mass is 16.7. The normalized spacial score (nSPS) is 25.0. The Balaban J connectivity index is 1.62. The highest BCUT2D eigenvalue weighted by Crippen LogP contribution is 2.28. The number of allylic oxidation sites excluding steroid dienone is 1. The predicted molar refractivity (Wildman–Crippen MR) is 119 cm³/mol. The van der Waals surface area contributed by atoms with E-state index in [0.717, 1.165) is 30.4 Å². The van der Waals surface area contributed by atoms with Gasteiger partial charge in [-0.15, -0.1) is 6.58 Å². The molecule has 0 spiro atoms. The molecule has 4 heteroatoms. The zero-order valence-corrected chi connectivity index (χ0v) is 18.1. The zero-order valence-electron chi connectivity index (χ0n) is 18.1. The summed E-state index contributed by atoms with van der Waals surface area (Å²) in [5.74, 6) is 0. The van der Waals surface area contributed by atoms with Crippen LogP contribution in [0.1, 0.15) is 44.2 Å². The van der Waals surface area contributed by atoms with Gasteiger partial charge in [0.25, 0.3) is 0 Å². The predicted octanol–water partition coefficient (Wildman–Crippen LogP) is 5.66. The van der Waals surface area contributed by atoms with Crippen LogP contribution in [0.2, 0.25) is 0 Å². The molecule has 162 valence electrons. The molecular formula is C26H34O4. The molecule has 1 aliphatic heterocycles. The molecule has 0 aromatic heterocycles. The highest BCUT2D eigenvalue weighted by molar-refractivity contribution is 5.14. The van der Waals surface area contributed by atoms with Crippen LogP contribution in [0.3, 0.4) is 0 Å². The van der Waals surface area contributed by atoms with Crippen molar-refractivity contribution in [3.63, 3.8) is 0 Å². The van der Waals surface area contributed by atoms with E-state index < -0.39 is 6.29 Å². The van der Waals surface area contributed by atoms with Crippen molar-refractivity contribution in [2.45, 2.75) is 77.0 Å². The molecule has 30 heavy (non-hydrogen) atoms. The van der Waals surface area contributed by atoms with E-state index in [4.69, 9.17) is 18.9 Å². The molecule has 3 rings (SSSR count). The minimum Gasteiger partial charge on any atom is -0.371 e. The molecule has 0 bridgehead atoms. The summed E-state index contributed by atoms with van der Waals surface area (Å²) in [7, 11) is 0. The van der Waals surface area contributed by atoms with Crippen molar-refractivity contribution in [3.05, 3.63) is 84.4 Å². The van der Waals surface area contributed by atoms with E-state index >= 15 is 0 Å². The minimum atomic E-state index is -0.403. The van der Waals surface area contributed by atoms with Gasteiger partial charge in [0.1, 0.15) is 6.10 Å². The Morgan fingerprint density at radius 1 is 0.967 bits per heavy atom. The maximum absolute atomic E-state index is 6.27. The molecule has 1 heterocycles. The fraction of sp³-hybridized carbons (Fsp3) is 0.462. The molecule has 0 N–H and O–H groups in total. The summed E-state index contributed by atoms with van der Waals surface area (Å²) in [6.07, 6.45) is 3.86. The van der Waals surface area contributed by atoms with Gasteiger partial charge in [-0.05, 0) is 37.8 Å². The van der Waals surface area contributed by atoms with E-state index in [1.807, 2.05) is 49.4 Å². The van der Waals surface area contributed by atoms with E-state index in [1.165, 1.54) is 0 Å². The Bertz CT molecular complexity index is 733. The lowest BCUT2D eigenvalue weighted by atomic mass is 10.0. The van der Waals surface area contributed by atoms with Crippen LogP contribution in [0.4, 0.5) is 0 Å². The van der Waals surface area contributed by atoms with Crippen molar-refractivity contribution >= 4 is 0 Å². The van der Waals surface area contributed by atoms with Gasteiger partial charge >= 0.3 is 0 Å². The van der Waals surface area contributed by atoms with Crippen LogP contribution in [0.5, 0.6) is 0 Å². The van der Waals surface area contributed by atoms with E-state index in [0.29, 0.717) is 13.2 Å². The van der Waals surface area contributed by atoms with E-state index in [2.05, 4.69) is 37.8 Å². The van der Waals surface area contributed by atoms with Crippen LogP contribution in [-0.4, -0.2) is 30.7 Å². The van der Waals surface area contributed by atoms with Crippen LogP contribution in [0.25, 0.3) is 0 Å². The Kier molecular flexibility index (Phi) is 9.09. The molecular weight excluding hydrogens is 376 g/mol. The second-order valence-electron chi connectivity index (χ2n) is 7.93. The lowest BCUT2D eigenvalue weighted by Crippen LogP contribution is -2.50. The van der Waals surface area contributed by atoms with Crippen molar-refractivity contribution < 1.29 is 18.9 Å². The number of rotatable bonds is 11. The van der Waals surface area contributed by atoms with Gasteiger partial charge in [-0.2, -0.15) is 0 Å². The first-order valence-electron chi connectivity index (χ1n) is 10.9. The van der Waals surface area contributed by atoms with Crippen molar-refractivity contribution in [1.82, 2.24) is 0 Å². The van der Waals surface area contributed by atoms with Crippen LogP contribution in [-0.2, 0) is 32.2 Å². The summed E-state index contributed by atoms with van der Waals surface area (Å²) in [6, 6.07) is 20.4. The van der Waals surface area contributed by atoms with Gasteiger partial charge in [-0.25, -0.2) is 0 Å². The Morgan fingerprint density at radius 3 is 2.10 bits per heavy atom. The zero-order chi connectivity index (χ0) is 21.2. The summed E-state index contributed by atoms with van der Waals surface area (Å²) >= 11 is 0. The summed E-state index contributed by atoms with van der Waals surface area (Å²) in [5.41, 5.74) is 2.29. The van der Waals surface area contributed by atoms with Gasteiger partial charge in [0.2, 0.25) is 0 Å². The number of hydrogen-bond acceptors (Lipinski definition) is 4. The van der Waals surface area contributed by atoms with Crippen LogP contribution in [0, 0.1) is 0 Å². The molecule has 2 aromatic carbocycles. The second kappa shape index (κ2) is 12.0. The van der Waals surface area contributed by atoms with Gasteiger partial charge in [0.05, 0.1) is 31.5 Å². The summed E-state index contributed by atoms with van der Waals surface area (Å²) in [5, 5.41) is 0. The van der Waals surface area contributed by atoms with Crippen molar-refractivity contribution in [2.24, 2.45) is 0 Å². The van der Waals surface area contributed by atoms with Crippen LogP contribution >= 0.6 is 0 Å². The third-order valence-corrected chi connectivity index (χ3v) is 5.40. The minimum absolute atomic E-state index is 0.0469. The largest absolute Gasteiger partial charge is 0.371 e.